The summed E-state index contributed by atoms with van der Waals surface area (Å²) in [4.78, 5) is 37.2. The van der Waals surface area contributed by atoms with Crippen LogP contribution < -0.4 is 20.5 Å². The largest absolute Gasteiger partial charge is 0.493 e. The first-order valence-corrected chi connectivity index (χ1v) is 9.24. The van der Waals surface area contributed by atoms with Crippen LogP contribution in [-0.2, 0) is 4.79 Å². The van der Waals surface area contributed by atoms with E-state index in [1.807, 2.05) is 0 Å². The van der Waals surface area contributed by atoms with Gasteiger partial charge in [0, 0.05) is 23.2 Å². The van der Waals surface area contributed by atoms with Crippen molar-refractivity contribution in [3.8, 4) is 22.9 Å². The van der Waals surface area contributed by atoms with E-state index in [-0.39, 0.29) is 23.9 Å². The number of carbonyl (C=O) groups is 2. The minimum Gasteiger partial charge on any atom is -0.493 e. The summed E-state index contributed by atoms with van der Waals surface area (Å²) in [6.07, 6.45) is 0.735. The number of nitrogens with one attached hydrogen (secondary N) is 2. The molecule has 30 heavy (non-hydrogen) atoms. The van der Waals surface area contributed by atoms with Gasteiger partial charge in [0.1, 0.15) is 0 Å². The van der Waals surface area contributed by atoms with Gasteiger partial charge in [0.15, 0.2) is 23.1 Å². The van der Waals surface area contributed by atoms with Crippen LogP contribution in [0.4, 0.5) is 5.69 Å². The van der Waals surface area contributed by atoms with E-state index in [1.165, 1.54) is 14.0 Å². The fourth-order valence-electron chi connectivity index (χ4n) is 2.74. The molecule has 0 saturated carbocycles. The molecule has 0 radical (unpaired) electrons. The van der Waals surface area contributed by atoms with Gasteiger partial charge in [-0.2, -0.15) is 0 Å². The van der Waals surface area contributed by atoms with E-state index in [4.69, 9.17) is 9.47 Å². The number of aromatic nitrogens is 2. The maximum atomic E-state index is 12.2. The lowest BCUT2D eigenvalue weighted by molar-refractivity contribution is -0.116. The first-order valence-electron chi connectivity index (χ1n) is 9.24. The third-order valence-corrected chi connectivity index (χ3v) is 4.24. The van der Waals surface area contributed by atoms with Crippen LogP contribution in [0.3, 0.4) is 0 Å². The topological polar surface area (TPSA) is 124 Å². The molecule has 0 aliphatic heterocycles. The van der Waals surface area contributed by atoms with Crippen molar-refractivity contribution in [1.29, 1.82) is 0 Å². The molecule has 0 saturated heterocycles. The van der Waals surface area contributed by atoms with Crippen LogP contribution in [-0.4, -0.2) is 35.5 Å². The van der Waals surface area contributed by atoms with Gasteiger partial charge in [0.2, 0.25) is 5.91 Å². The fraction of sp³-hybridized carbons (Fsp3) is 0.238. The van der Waals surface area contributed by atoms with Gasteiger partial charge in [-0.25, -0.2) is 4.79 Å². The predicted molar refractivity (Wildman–Crippen MR) is 109 cm³/mol. The van der Waals surface area contributed by atoms with Crippen molar-refractivity contribution in [3.05, 3.63) is 58.6 Å². The molecule has 1 amide bonds. The maximum Gasteiger partial charge on any atom is 0.439 e. The number of H-pyrrole nitrogens is 1. The SMILES string of the molecule is COc1cc(C(C)=O)ccc1OCCCC(=O)Nc1cccc(-c2noc(=O)[nH]2)c1. The molecule has 0 unspecified atom stereocenters. The van der Waals surface area contributed by atoms with E-state index >= 15 is 0 Å². The van der Waals surface area contributed by atoms with E-state index < -0.39 is 5.76 Å². The van der Waals surface area contributed by atoms with Gasteiger partial charge in [-0.15, -0.1) is 0 Å². The third-order valence-electron chi connectivity index (χ3n) is 4.24. The number of anilines is 1. The van der Waals surface area contributed by atoms with E-state index in [1.54, 1.807) is 42.5 Å². The summed E-state index contributed by atoms with van der Waals surface area (Å²) in [5, 5.41) is 6.42. The van der Waals surface area contributed by atoms with Gasteiger partial charge in [-0.1, -0.05) is 17.3 Å². The molecule has 9 nitrogen and oxygen atoms in total. The smallest absolute Gasteiger partial charge is 0.439 e. The molecule has 3 aromatic rings. The number of hydrogen-bond donors (Lipinski definition) is 2. The number of aromatic amines is 1. The number of hydrogen-bond acceptors (Lipinski definition) is 7. The minimum atomic E-state index is -0.646. The summed E-state index contributed by atoms with van der Waals surface area (Å²) in [5.41, 5.74) is 1.72. The number of carbonyl (C=O) groups excluding carboxylic acids is 2. The number of methoxy groups -OCH3 is 1. The van der Waals surface area contributed by atoms with Crippen molar-refractivity contribution < 1.29 is 23.6 Å². The standard InChI is InChI=1S/C21H21N3O6/c1-13(25)14-8-9-17(18(12-14)28-2)29-10-4-7-19(26)22-16-6-3-5-15(11-16)20-23-21(27)30-24-20/h3,5-6,8-9,11-12H,4,7,10H2,1-2H3,(H,22,26)(H,23,24,27). The fourth-order valence-corrected chi connectivity index (χ4v) is 2.74. The number of ketones is 1. The third kappa shape index (κ3) is 5.34. The highest BCUT2D eigenvalue weighted by atomic mass is 16.5. The van der Waals surface area contributed by atoms with Crippen LogP contribution in [0.2, 0.25) is 0 Å². The molecule has 0 bridgehead atoms. The zero-order valence-corrected chi connectivity index (χ0v) is 16.6. The second-order valence-electron chi connectivity index (χ2n) is 6.45. The van der Waals surface area contributed by atoms with Gasteiger partial charge < -0.3 is 14.8 Å². The predicted octanol–water partition coefficient (Wildman–Crippen LogP) is 3.04. The molecule has 2 N–H and O–H groups in total. The lowest BCUT2D eigenvalue weighted by Gasteiger charge is -2.11. The highest BCUT2D eigenvalue weighted by Gasteiger charge is 2.10. The maximum absolute atomic E-state index is 12.2. The molecule has 0 aliphatic carbocycles. The van der Waals surface area contributed by atoms with Crippen molar-refractivity contribution in [2.24, 2.45) is 0 Å². The van der Waals surface area contributed by atoms with Gasteiger partial charge in [-0.05, 0) is 43.7 Å². The molecule has 0 fully saturated rings. The quantitative estimate of drug-likeness (QED) is 0.410. The number of ether oxygens (including phenoxy) is 2. The average Bonchev–Trinajstić information content (AvgIpc) is 3.17. The molecule has 0 atom stereocenters. The number of Topliss-reactive ketones (excluding diaryl/α,β-unsaturated/α-hetero) is 1. The summed E-state index contributed by atoms with van der Waals surface area (Å²) >= 11 is 0. The Balaban J connectivity index is 1.50. The summed E-state index contributed by atoms with van der Waals surface area (Å²) in [6, 6.07) is 11.9. The monoisotopic (exact) mass is 411 g/mol. The van der Waals surface area contributed by atoms with Crippen molar-refractivity contribution in [2.75, 3.05) is 19.0 Å². The Bertz CT molecular complexity index is 1100. The zero-order valence-electron chi connectivity index (χ0n) is 16.6. The molecule has 0 aliphatic rings. The van der Waals surface area contributed by atoms with E-state index in [2.05, 4.69) is 20.0 Å². The Hall–Kier alpha value is -3.88. The van der Waals surface area contributed by atoms with Crippen molar-refractivity contribution in [2.45, 2.75) is 19.8 Å². The lowest BCUT2D eigenvalue weighted by atomic mass is 10.1. The Morgan fingerprint density at radius 2 is 2.00 bits per heavy atom. The lowest BCUT2D eigenvalue weighted by Crippen LogP contribution is -2.13. The van der Waals surface area contributed by atoms with Crippen molar-refractivity contribution in [1.82, 2.24) is 10.1 Å². The Kier molecular flexibility index (Phi) is 6.63. The summed E-state index contributed by atoms with van der Waals surface area (Å²) in [6.45, 7) is 1.79. The average molecular weight is 411 g/mol. The van der Waals surface area contributed by atoms with Crippen LogP contribution in [0, 0.1) is 0 Å². The number of nitrogens with zero attached hydrogens (tertiary/aromatic N) is 1. The van der Waals surface area contributed by atoms with Gasteiger partial charge >= 0.3 is 5.76 Å². The summed E-state index contributed by atoms with van der Waals surface area (Å²) < 4.78 is 15.4. The van der Waals surface area contributed by atoms with Crippen LogP contribution in [0.1, 0.15) is 30.1 Å². The molecule has 3 rings (SSSR count). The molecule has 1 heterocycles. The normalized spacial score (nSPS) is 10.5. The molecule has 0 spiro atoms. The molecular formula is C21H21N3O6. The van der Waals surface area contributed by atoms with Crippen molar-refractivity contribution >= 4 is 17.4 Å². The van der Waals surface area contributed by atoms with Crippen LogP contribution in [0.15, 0.2) is 51.8 Å². The van der Waals surface area contributed by atoms with Crippen LogP contribution in [0.5, 0.6) is 11.5 Å². The molecular weight excluding hydrogens is 390 g/mol. The van der Waals surface area contributed by atoms with E-state index in [9.17, 15) is 14.4 Å². The highest BCUT2D eigenvalue weighted by molar-refractivity contribution is 5.94. The molecule has 2 aromatic carbocycles. The van der Waals surface area contributed by atoms with Crippen LogP contribution >= 0.6 is 0 Å². The van der Waals surface area contributed by atoms with Crippen molar-refractivity contribution in [3.63, 3.8) is 0 Å². The first kappa shape index (κ1) is 20.8. The number of amides is 1. The highest BCUT2D eigenvalue weighted by Crippen LogP contribution is 2.28. The molecule has 156 valence electrons. The Morgan fingerprint density at radius 3 is 2.70 bits per heavy atom. The van der Waals surface area contributed by atoms with E-state index in [0.717, 1.165) is 0 Å². The Labute approximate surface area is 172 Å². The second kappa shape index (κ2) is 9.55. The van der Waals surface area contributed by atoms with Gasteiger partial charge in [0.25, 0.3) is 0 Å². The van der Waals surface area contributed by atoms with Crippen LogP contribution in [0.25, 0.3) is 11.4 Å². The first-order chi connectivity index (χ1) is 14.5. The van der Waals surface area contributed by atoms with Gasteiger partial charge in [0.05, 0.1) is 13.7 Å². The second-order valence-corrected chi connectivity index (χ2v) is 6.45. The number of rotatable bonds is 9. The molecule has 9 heteroatoms. The number of benzene rings is 2. The Morgan fingerprint density at radius 1 is 1.17 bits per heavy atom. The van der Waals surface area contributed by atoms with E-state index in [0.29, 0.717) is 41.3 Å². The zero-order chi connectivity index (χ0) is 21.5. The summed E-state index contributed by atoms with van der Waals surface area (Å²) in [7, 11) is 1.50. The minimum absolute atomic E-state index is 0.0597. The molecule has 1 aromatic heterocycles. The van der Waals surface area contributed by atoms with Gasteiger partial charge in [-0.3, -0.25) is 19.1 Å². The summed E-state index contributed by atoms with van der Waals surface area (Å²) in [5.74, 6) is 0.382.